The highest BCUT2D eigenvalue weighted by Crippen LogP contribution is 2.25. The van der Waals surface area contributed by atoms with E-state index in [2.05, 4.69) is 12.0 Å². The molecule has 1 heterocycles. The largest absolute Gasteiger partial charge is 0.242 e. The van der Waals surface area contributed by atoms with Gasteiger partial charge in [-0.05, 0) is 12.8 Å². The van der Waals surface area contributed by atoms with Crippen molar-refractivity contribution in [2.75, 3.05) is 0 Å². The molecule has 0 amide bonds. The van der Waals surface area contributed by atoms with Crippen molar-refractivity contribution in [1.82, 2.24) is 9.78 Å². The lowest BCUT2D eigenvalue weighted by atomic mass is 10.0. The molecule has 1 aromatic heterocycles. The van der Waals surface area contributed by atoms with E-state index in [1.165, 1.54) is 4.68 Å². The highest BCUT2D eigenvalue weighted by Gasteiger charge is 2.16. The van der Waals surface area contributed by atoms with E-state index < -0.39 is 0 Å². The van der Waals surface area contributed by atoms with Crippen LogP contribution >= 0.6 is 0 Å². The molecule has 17 heavy (non-hydrogen) atoms. The zero-order valence-electron chi connectivity index (χ0n) is 10.3. The third kappa shape index (κ3) is 2.38. The molecule has 0 aliphatic carbocycles. The number of halogens is 1. The minimum absolute atomic E-state index is 0.211. The Balaban J connectivity index is 2.43. The van der Waals surface area contributed by atoms with E-state index in [4.69, 9.17) is 0 Å². The van der Waals surface area contributed by atoms with E-state index in [1.807, 2.05) is 30.3 Å². The van der Waals surface area contributed by atoms with E-state index in [0.29, 0.717) is 0 Å². The number of rotatable bonds is 4. The summed E-state index contributed by atoms with van der Waals surface area (Å²) in [4.78, 5) is 0. The fraction of sp³-hybridized carbons (Fsp3) is 0.357. The van der Waals surface area contributed by atoms with Crippen LogP contribution in [-0.4, -0.2) is 9.78 Å². The highest BCUT2D eigenvalue weighted by molar-refractivity contribution is 5.62. The molecule has 90 valence electrons. The average molecular weight is 232 g/mol. The maximum absolute atomic E-state index is 13.9. The molecule has 0 saturated carbocycles. The molecule has 0 spiro atoms. The predicted octanol–water partition coefficient (Wildman–Crippen LogP) is 3.57. The number of aryl methyl sites for hydroxylation is 1. The van der Waals surface area contributed by atoms with Gasteiger partial charge in [0.2, 0.25) is 5.95 Å². The Bertz CT molecular complexity index is 488. The summed E-state index contributed by atoms with van der Waals surface area (Å²) < 4.78 is 15.3. The maximum atomic E-state index is 13.9. The Hall–Kier alpha value is -1.64. The lowest BCUT2D eigenvalue weighted by Gasteiger charge is -2.01. The first-order valence-corrected chi connectivity index (χ1v) is 6.00. The van der Waals surface area contributed by atoms with Gasteiger partial charge in [-0.15, -0.1) is 0 Å². The van der Waals surface area contributed by atoms with Crippen LogP contribution in [0.4, 0.5) is 4.39 Å². The van der Waals surface area contributed by atoms with Gasteiger partial charge in [0.1, 0.15) is 0 Å². The highest BCUT2D eigenvalue weighted by atomic mass is 19.1. The molecule has 0 atom stereocenters. The Morgan fingerprint density at radius 3 is 2.59 bits per heavy atom. The maximum Gasteiger partial charge on any atom is 0.215 e. The zero-order valence-corrected chi connectivity index (χ0v) is 10.3. The second-order valence-electron chi connectivity index (χ2n) is 4.21. The van der Waals surface area contributed by atoms with Crippen molar-refractivity contribution in [3.05, 3.63) is 41.8 Å². The number of aromatic nitrogens is 2. The van der Waals surface area contributed by atoms with E-state index in [-0.39, 0.29) is 5.95 Å². The van der Waals surface area contributed by atoms with Gasteiger partial charge in [0.15, 0.2) is 0 Å². The Kier molecular flexibility index (Phi) is 3.57. The smallest absolute Gasteiger partial charge is 0.215 e. The second kappa shape index (κ2) is 5.13. The van der Waals surface area contributed by atoms with Crippen LogP contribution in [0.3, 0.4) is 0 Å². The summed E-state index contributed by atoms with van der Waals surface area (Å²) >= 11 is 0. The third-order valence-corrected chi connectivity index (χ3v) is 2.90. The van der Waals surface area contributed by atoms with Crippen LogP contribution in [0.5, 0.6) is 0 Å². The molecule has 2 rings (SSSR count). The van der Waals surface area contributed by atoms with Gasteiger partial charge in [0.05, 0.1) is 5.69 Å². The van der Waals surface area contributed by atoms with Crippen LogP contribution in [0.25, 0.3) is 11.3 Å². The first kappa shape index (κ1) is 11.8. The summed E-state index contributed by atoms with van der Waals surface area (Å²) in [6, 6.07) is 9.79. The molecule has 0 fully saturated rings. The van der Waals surface area contributed by atoms with Gasteiger partial charge in [0.25, 0.3) is 0 Å². The normalized spacial score (nSPS) is 10.8. The van der Waals surface area contributed by atoms with Gasteiger partial charge in [-0.25, -0.2) is 4.68 Å². The van der Waals surface area contributed by atoms with E-state index in [0.717, 1.165) is 36.1 Å². The average Bonchev–Trinajstić information content (AvgIpc) is 2.65. The fourth-order valence-electron chi connectivity index (χ4n) is 1.95. The summed E-state index contributed by atoms with van der Waals surface area (Å²) in [5, 5.41) is 4.27. The van der Waals surface area contributed by atoms with Gasteiger partial charge < -0.3 is 0 Å². The number of nitrogens with zero attached hydrogens (tertiary/aromatic N) is 2. The molecule has 2 nitrogen and oxygen atoms in total. The van der Waals surface area contributed by atoms with Crippen molar-refractivity contribution in [2.45, 2.75) is 26.2 Å². The van der Waals surface area contributed by atoms with Crippen LogP contribution in [-0.2, 0) is 13.5 Å². The van der Waals surface area contributed by atoms with Crippen molar-refractivity contribution in [3.63, 3.8) is 0 Å². The fourth-order valence-corrected chi connectivity index (χ4v) is 1.95. The first-order valence-electron chi connectivity index (χ1n) is 6.00. The summed E-state index contributed by atoms with van der Waals surface area (Å²) in [5.41, 5.74) is 2.50. The second-order valence-corrected chi connectivity index (χ2v) is 4.21. The van der Waals surface area contributed by atoms with Gasteiger partial charge in [-0.1, -0.05) is 43.7 Å². The van der Waals surface area contributed by atoms with Crippen molar-refractivity contribution >= 4 is 0 Å². The van der Waals surface area contributed by atoms with Crippen molar-refractivity contribution < 1.29 is 4.39 Å². The molecule has 0 unspecified atom stereocenters. The van der Waals surface area contributed by atoms with E-state index >= 15 is 0 Å². The van der Waals surface area contributed by atoms with Crippen LogP contribution in [0.15, 0.2) is 30.3 Å². The molecule has 0 bridgehead atoms. The molecule has 1 aromatic carbocycles. The Morgan fingerprint density at radius 2 is 1.94 bits per heavy atom. The van der Waals surface area contributed by atoms with Crippen molar-refractivity contribution in [1.29, 1.82) is 0 Å². The van der Waals surface area contributed by atoms with E-state index in [9.17, 15) is 4.39 Å². The van der Waals surface area contributed by atoms with Gasteiger partial charge >= 0.3 is 0 Å². The van der Waals surface area contributed by atoms with Gasteiger partial charge in [-0.3, -0.25) is 0 Å². The standard InChI is InChI=1S/C14H17FN2/c1-3-4-10-12-13(16-17(2)14(12)15)11-8-6-5-7-9-11/h5-9H,3-4,10H2,1-2H3. The lowest BCUT2D eigenvalue weighted by molar-refractivity contribution is 0.493. The quantitative estimate of drug-likeness (QED) is 0.788. The van der Waals surface area contributed by atoms with Crippen LogP contribution < -0.4 is 0 Å². The van der Waals surface area contributed by atoms with Crippen molar-refractivity contribution in [2.24, 2.45) is 7.05 Å². The molecule has 0 saturated heterocycles. The third-order valence-electron chi connectivity index (χ3n) is 2.90. The Labute approximate surface area is 101 Å². The molecule has 0 aliphatic heterocycles. The SMILES string of the molecule is CCCCc1c(-c2ccccc2)nn(C)c1F. The number of hydrogen-bond acceptors (Lipinski definition) is 1. The lowest BCUT2D eigenvalue weighted by Crippen LogP contribution is -1.95. The monoisotopic (exact) mass is 232 g/mol. The summed E-state index contributed by atoms with van der Waals surface area (Å²) in [6.45, 7) is 2.11. The molecule has 3 heteroatoms. The molecule has 0 radical (unpaired) electrons. The molecular formula is C14H17FN2. The minimum atomic E-state index is -0.211. The zero-order chi connectivity index (χ0) is 12.3. The summed E-state index contributed by atoms with van der Waals surface area (Å²) in [5.74, 6) is -0.211. The first-order chi connectivity index (χ1) is 8.24. The number of hydrogen-bond donors (Lipinski definition) is 0. The van der Waals surface area contributed by atoms with Crippen LogP contribution in [0, 0.1) is 5.95 Å². The number of unbranched alkanes of at least 4 members (excludes halogenated alkanes) is 1. The van der Waals surface area contributed by atoms with Crippen molar-refractivity contribution in [3.8, 4) is 11.3 Å². The van der Waals surface area contributed by atoms with Gasteiger partial charge in [-0.2, -0.15) is 9.49 Å². The Morgan fingerprint density at radius 1 is 1.24 bits per heavy atom. The minimum Gasteiger partial charge on any atom is -0.242 e. The molecule has 0 aliphatic rings. The number of benzene rings is 1. The molecule has 0 N–H and O–H groups in total. The predicted molar refractivity (Wildman–Crippen MR) is 67.2 cm³/mol. The topological polar surface area (TPSA) is 17.8 Å². The molecular weight excluding hydrogens is 215 g/mol. The van der Waals surface area contributed by atoms with E-state index in [1.54, 1.807) is 7.05 Å². The van der Waals surface area contributed by atoms with Crippen LogP contribution in [0.2, 0.25) is 0 Å². The van der Waals surface area contributed by atoms with Crippen LogP contribution in [0.1, 0.15) is 25.3 Å². The van der Waals surface area contributed by atoms with Gasteiger partial charge in [0, 0.05) is 18.2 Å². The summed E-state index contributed by atoms with van der Waals surface area (Å²) in [6.07, 6.45) is 2.80. The summed E-state index contributed by atoms with van der Waals surface area (Å²) in [7, 11) is 1.65. The molecule has 2 aromatic rings.